The van der Waals surface area contributed by atoms with Crippen molar-refractivity contribution in [2.24, 2.45) is 0 Å². The summed E-state index contributed by atoms with van der Waals surface area (Å²) in [5, 5.41) is 0. The molecule has 0 saturated carbocycles. The van der Waals surface area contributed by atoms with Gasteiger partial charge in [0, 0.05) is 25.2 Å². The van der Waals surface area contributed by atoms with E-state index in [2.05, 4.69) is 0 Å². The second kappa shape index (κ2) is 6.47. The van der Waals surface area contributed by atoms with Crippen LogP contribution >= 0.6 is 0 Å². The number of ether oxygens (including phenoxy) is 4. The van der Waals surface area contributed by atoms with Crippen LogP contribution in [-0.2, 0) is 4.74 Å². The number of amides is 1. The molecule has 0 aromatic heterocycles. The Bertz CT molecular complexity index is 483. The van der Waals surface area contributed by atoms with Crippen molar-refractivity contribution < 1.29 is 23.7 Å². The lowest BCUT2D eigenvalue weighted by atomic mass is 10.1. The van der Waals surface area contributed by atoms with Gasteiger partial charge in [-0.2, -0.15) is 0 Å². The van der Waals surface area contributed by atoms with E-state index in [0.717, 1.165) is 0 Å². The molecule has 1 fully saturated rings. The highest BCUT2D eigenvalue weighted by Gasteiger charge is 2.23. The molecule has 6 heteroatoms. The number of rotatable bonds is 4. The molecule has 1 saturated heterocycles. The molecule has 0 spiro atoms. The molecule has 0 unspecified atom stereocenters. The van der Waals surface area contributed by atoms with Crippen molar-refractivity contribution in [3.63, 3.8) is 0 Å². The maximum absolute atomic E-state index is 12.5. The average molecular weight is 281 g/mol. The Balaban J connectivity index is 2.35. The van der Waals surface area contributed by atoms with Gasteiger partial charge in [0.15, 0.2) is 11.5 Å². The van der Waals surface area contributed by atoms with Crippen LogP contribution in [-0.4, -0.2) is 58.4 Å². The van der Waals surface area contributed by atoms with E-state index in [4.69, 9.17) is 18.9 Å². The average Bonchev–Trinajstić information content (AvgIpc) is 2.53. The summed E-state index contributed by atoms with van der Waals surface area (Å²) in [4.78, 5) is 14.3. The van der Waals surface area contributed by atoms with Crippen molar-refractivity contribution >= 4 is 5.91 Å². The van der Waals surface area contributed by atoms with Crippen molar-refractivity contribution in [1.29, 1.82) is 0 Å². The molecule has 1 aliphatic heterocycles. The number of carbonyl (C=O) groups is 1. The second-order valence-electron chi connectivity index (χ2n) is 4.31. The Morgan fingerprint density at radius 1 is 1.00 bits per heavy atom. The van der Waals surface area contributed by atoms with E-state index in [1.807, 2.05) is 0 Å². The number of hydrogen-bond donors (Lipinski definition) is 0. The maximum Gasteiger partial charge on any atom is 0.257 e. The molecule has 6 nitrogen and oxygen atoms in total. The third kappa shape index (κ3) is 2.80. The van der Waals surface area contributed by atoms with Crippen molar-refractivity contribution in [1.82, 2.24) is 4.90 Å². The Morgan fingerprint density at radius 3 is 2.10 bits per heavy atom. The monoisotopic (exact) mass is 281 g/mol. The highest BCUT2D eigenvalue weighted by atomic mass is 16.5. The number of nitrogens with zero attached hydrogens (tertiary/aromatic N) is 1. The van der Waals surface area contributed by atoms with Gasteiger partial charge in [-0.05, 0) is 0 Å². The normalized spacial score (nSPS) is 14.8. The van der Waals surface area contributed by atoms with Gasteiger partial charge in [-0.1, -0.05) is 0 Å². The fraction of sp³-hybridized carbons (Fsp3) is 0.500. The van der Waals surface area contributed by atoms with Crippen LogP contribution < -0.4 is 14.2 Å². The van der Waals surface area contributed by atoms with Gasteiger partial charge in [0.25, 0.3) is 5.91 Å². The van der Waals surface area contributed by atoms with Crippen molar-refractivity contribution in [2.45, 2.75) is 0 Å². The molecular formula is C14H19NO5. The summed E-state index contributed by atoms with van der Waals surface area (Å²) >= 11 is 0. The van der Waals surface area contributed by atoms with Gasteiger partial charge in [0.1, 0.15) is 5.75 Å². The highest BCUT2D eigenvalue weighted by Crippen LogP contribution is 2.35. The largest absolute Gasteiger partial charge is 0.496 e. The Morgan fingerprint density at radius 2 is 1.55 bits per heavy atom. The van der Waals surface area contributed by atoms with Gasteiger partial charge in [0.05, 0.1) is 40.1 Å². The number of hydrogen-bond acceptors (Lipinski definition) is 5. The van der Waals surface area contributed by atoms with Crippen LogP contribution in [0.2, 0.25) is 0 Å². The third-order valence-corrected chi connectivity index (χ3v) is 3.23. The van der Waals surface area contributed by atoms with Crippen molar-refractivity contribution in [2.75, 3.05) is 47.6 Å². The lowest BCUT2D eigenvalue weighted by Crippen LogP contribution is -2.40. The first-order valence-electron chi connectivity index (χ1n) is 6.38. The minimum Gasteiger partial charge on any atom is -0.496 e. The van der Waals surface area contributed by atoms with Crippen molar-refractivity contribution in [3.8, 4) is 17.2 Å². The predicted octanol–water partition coefficient (Wildman–Crippen LogP) is 1.18. The summed E-state index contributed by atoms with van der Waals surface area (Å²) < 4.78 is 21.0. The molecule has 1 aromatic carbocycles. The fourth-order valence-corrected chi connectivity index (χ4v) is 2.13. The molecule has 1 aromatic rings. The number of benzene rings is 1. The van der Waals surface area contributed by atoms with E-state index in [1.54, 1.807) is 24.1 Å². The van der Waals surface area contributed by atoms with Crippen LogP contribution in [0.3, 0.4) is 0 Å². The Hall–Kier alpha value is -1.95. The molecule has 110 valence electrons. The van der Waals surface area contributed by atoms with E-state index in [-0.39, 0.29) is 5.91 Å². The van der Waals surface area contributed by atoms with E-state index < -0.39 is 0 Å². The topological polar surface area (TPSA) is 57.2 Å². The molecule has 0 N–H and O–H groups in total. The van der Waals surface area contributed by atoms with Crippen LogP contribution in [0, 0.1) is 0 Å². The van der Waals surface area contributed by atoms with Crippen LogP contribution in [0.25, 0.3) is 0 Å². The predicted molar refractivity (Wildman–Crippen MR) is 72.8 cm³/mol. The number of methoxy groups -OCH3 is 3. The molecular weight excluding hydrogens is 262 g/mol. The van der Waals surface area contributed by atoms with E-state index in [1.165, 1.54) is 14.2 Å². The van der Waals surface area contributed by atoms with Gasteiger partial charge >= 0.3 is 0 Å². The van der Waals surface area contributed by atoms with Crippen LogP contribution in [0.5, 0.6) is 17.2 Å². The smallest absolute Gasteiger partial charge is 0.257 e. The third-order valence-electron chi connectivity index (χ3n) is 3.23. The van der Waals surface area contributed by atoms with Gasteiger partial charge in [0.2, 0.25) is 0 Å². The van der Waals surface area contributed by atoms with E-state index >= 15 is 0 Å². The Kier molecular flexibility index (Phi) is 4.68. The summed E-state index contributed by atoms with van der Waals surface area (Å²) in [7, 11) is 4.60. The second-order valence-corrected chi connectivity index (χ2v) is 4.31. The molecule has 0 radical (unpaired) electrons. The molecule has 1 heterocycles. The first-order valence-corrected chi connectivity index (χ1v) is 6.38. The summed E-state index contributed by atoms with van der Waals surface area (Å²) in [5.41, 5.74) is 0.465. The van der Waals surface area contributed by atoms with Crippen LogP contribution in [0.4, 0.5) is 0 Å². The molecule has 0 atom stereocenters. The van der Waals surface area contributed by atoms with Gasteiger partial charge in [-0.15, -0.1) is 0 Å². The number of morpholine rings is 1. The van der Waals surface area contributed by atoms with Gasteiger partial charge < -0.3 is 23.8 Å². The molecule has 2 rings (SSSR count). The van der Waals surface area contributed by atoms with E-state index in [9.17, 15) is 4.79 Å². The molecule has 1 aliphatic rings. The quantitative estimate of drug-likeness (QED) is 0.829. The minimum absolute atomic E-state index is 0.0916. The zero-order valence-corrected chi connectivity index (χ0v) is 12.0. The Labute approximate surface area is 118 Å². The van der Waals surface area contributed by atoms with Crippen molar-refractivity contribution in [3.05, 3.63) is 17.7 Å². The molecule has 0 bridgehead atoms. The molecule has 0 aliphatic carbocycles. The highest BCUT2D eigenvalue weighted by molar-refractivity contribution is 5.97. The van der Waals surface area contributed by atoms with Gasteiger partial charge in [-0.25, -0.2) is 0 Å². The summed E-state index contributed by atoms with van der Waals surface area (Å²) in [6.07, 6.45) is 0. The summed E-state index contributed by atoms with van der Waals surface area (Å²) in [6, 6.07) is 3.31. The maximum atomic E-state index is 12.5. The minimum atomic E-state index is -0.0916. The lowest BCUT2D eigenvalue weighted by molar-refractivity contribution is 0.0300. The first-order chi connectivity index (χ1) is 9.71. The SMILES string of the molecule is COc1cc(OC)c(C(=O)N2CCOCC2)cc1OC. The summed E-state index contributed by atoms with van der Waals surface area (Å²) in [5.74, 6) is 1.41. The van der Waals surface area contributed by atoms with Gasteiger partial charge in [-0.3, -0.25) is 4.79 Å². The van der Waals surface area contributed by atoms with Crippen LogP contribution in [0.1, 0.15) is 10.4 Å². The standard InChI is InChI=1S/C14H19NO5/c1-17-11-9-13(19-3)12(18-2)8-10(11)14(16)15-4-6-20-7-5-15/h8-9H,4-7H2,1-3H3. The number of carbonyl (C=O) groups excluding carboxylic acids is 1. The first kappa shape index (κ1) is 14.5. The lowest BCUT2D eigenvalue weighted by Gasteiger charge is -2.27. The summed E-state index contributed by atoms with van der Waals surface area (Å²) in [6.45, 7) is 2.27. The van der Waals surface area contributed by atoms with Crippen LogP contribution in [0.15, 0.2) is 12.1 Å². The zero-order chi connectivity index (χ0) is 14.5. The fourth-order valence-electron chi connectivity index (χ4n) is 2.13. The molecule has 1 amide bonds. The zero-order valence-electron chi connectivity index (χ0n) is 12.0. The van der Waals surface area contributed by atoms with E-state index in [0.29, 0.717) is 49.1 Å². The molecule has 20 heavy (non-hydrogen) atoms.